The van der Waals surface area contributed by atoms with Crippen LogP contribution >= 0.6 is 0 Å². The Morgan fingerprint density at radius 3 is 2.63 bits per heavy atom. The Labute approximate surface area is 111 Å². The zero-order valence-corrected chi connectivity index (χ0v) is 10.7. The number of para-hydroxylation sites is 2. The van der Waals surface area contributed by atoms with Crippen molar-refractivity contribution in [1.82, 2.24) is 14.5 Å². The van der Waals surface area contributed by atoms with E-state index in [2.05, 4.69) is 15.6 Å². The maximum Gasteiger partial charge on any atom is 0.141 e. The van der Waals surface area contributed by atoms with Crippen LogP contribution in [0.2, 0.25) is 0 Å². The van der Waals surface area contributed by atoms with Gasteiger partial charge in [-0.05, 0) is 37.2 Å². The maximum absolute atomic E-state index is 5.63. The van der Waals surface area contributed by atoms with Gasteiger partial charge < -0.3 is 10.3 Å². The molecule has 0 aliphatic carbocycles. The molecule has 0 saturated heterocycles. The normalized spacial score (nSPS) is 11.0. The van der Waals surface area contributed by atoms with Crippen LogP contribution in [0.15, 0.2) is 48.8 Å². The third-order valence-corrected chi connectivity index (χ3v) is 3.18. The summed E-state index contributed by atoms with van der Waals surface area (Å²) in [6.45, 7) is 1.57. The van der Waals surface area contributed by atoms with Gasteiger partial charge in [-0.2, -0.15) is 0 Å². The van der Waals surface area contributed by atoms with Crippen LogP contribution in [0.4, 0.5) is 0 Å². The third kappa shape index (κ3) is 2.22. The molecule has 1 aromatic carbocycles. The Morgan fingerprint density at radius 2 is 1.84 bits per heavy atom. The topological polar surface area (TPSA) is 56.7 Å². The number of hydrogen-bond acceptors (Lipinski definition) is 3. The Balaban J connectivity index is 2.17. The summed E-state index contributed by atoms with van der Waals surface area (Å²) in [6, 6.07) is 12.2. The van der Waals surface area contributed by atoms with Crippen LogP contribution in [0.1, 0.15) is 6.42 Å². The second-order valence-corrected chi connectivity index (χ2v) is 4.45. The Kier molecular flexibility index (Phi) is 3.25. The number of pyridine rings is 1. The summed E-state index contributed by atoms with van der Waals surface area (Å²) in [6.07, 6.45) is 4.53. The number of nitrogens with zero attached hydrogens (tertiary/aromatic N) is 3. The number of imidazole rings is 1. The molecule has 0 aliphatic heterocycles. The van der Waals surface area contributed by atoms with E-state index in [-0.39, 0.29) is 0 Å². The van der Waals surface area contributed by atoms with Gasteiger partial charge >= 0.3 is 0 Å². The van der Waals surface area contributed by atoms with Crippen molar-refractivity contribution in [2.45, 2.75) is 13.0 Å². The largest absolute Gasteiger partial charge is 0.330 e. The summed E-state index contributed by atoms with van der Waals surface area (Å²) in [5, 5.41) is 0. The minimum absolute atomic E-state index is 0.683. The Bertz CT molecular complexity index is 673. The lowest BCUT2D eigenvalue weighted by Gasteiger charge is -2.08. The van der Waals surface area contributed by atoms with Gasteiger partial charge in [0, 0.05) is 24.5 Å². The molecule has 0 saturated carbocycles. The van der Waals surface area contributed by atoms with Gasteiger partial charge in [-0.15, -0.1) is 0 Å². The summed E-state index contributed by atoms with van der Waals surface area (Å²) >= 11 is 0. The first-order valence-corrected chi connectivity index (χ1v) is 6.46. The number of aromatic nitrogens is 3. The van der Waals surface area contributed by atoms with Gasteiger partial charge in [0.15, 0.2) is 0 Å². The predicted molar refractivity (Wildman–Crippen MR) is 76.6 cm³/mol. The highest BCUT2D eigenvalue weighted by Gasteiger charge is 2.11. The molecule has 0 radical (unpaired) electrons. The van der Waals surface area contributed by atoms with E-state index in [1.165, 1.54) is 0 Å². The van der Waals surface area contributed by atoms with Crippen molar-refractivity contribution >= 4 is 11.0 Å². The average molecular weight is 252 g/mol. The molecule has 4 nitrogen and oxygen atoms in total. The molecule has 0 bridgehead atoms. The fourth-order valence-electron chi connectivity index (χ4n) is 2.27. The zero-order chi connectivity index (χ0) is 13.1. The predicted octanol–water partition coefficient (Wildman–Crippen LogP) is 2.45. The van der Waals surface area contributed by atoms with E-state index < -0.39 is 0 Å². The lowest BCUT2D eigenvalue weighted by atomic mass is 10.2. The highest BCUT2D eigenvalue weighted by molar-refractivity contribution is 5.80. The van der Waals surface area contributed by atoms with Gasteiger partial charge in [0.05, 0.1) is 11.0 Å². The van der Waals surface area contributed by atoms with E-state index in [0.29, 0.717) is 6.54 Å². The van der Waals surface area contributed by atoms with Crippen molar-refractivity contribution < 1.29 is 0 Å². The fourth-order valence-corrected chi connectivity index (χ4v) is 2.27. The van der Waals surface area contributed by atoms with Crippen molar-refractivity contribution in [3.63, 3.8) is 0 Å². The number of rotatable bonds is 4. The van der Waals surface area contributed by atoms with E-state index >= 15 is 0 Å². The van der Waals surface area contributed by atoms with Crippen LogP contribution in [0.5, 0.6) is 0 Å². The van der Waals surface area contributed by atoms with E-state index in [4.69, 9.17) is 10.7 Å². The monoisotopic (exact) mass is 252 g/mol. The first kappa shape index (κ1) is 11.9. The van der Waals surface area contributed by atoms with Crippen molar-refractivity contribution in [1.29, 1.82) is 0 Å². The standard InChI is InChI=1S/C15H16N4/c16-8-3-11-19-14-5-2-1-4-13(14)18-15(19)12-6-9-17-10-7-12/h1-2,4-7,9-10H,3,8,11,16H2. The number of benzene rings is 1. The first-order valence-electron chi connectivity index (χ1n) is 6.46. The number of fused-ring (bicyclic) bond motifs is 1. The van der Waals surface area contributed by atoms with Crippen molar-refractivity contribution in [3.05, 3.63) is 48.8 Å². The molecule has 96 valence electrons. The molecule has 0 atom stereocenters. The van der Waals surface area contributed by atoms with Crippen LogP contribution < -0.4 is 5.73 Å². The minimum atomic E-state index is 0.683. The fraction of sp³-hybridized carbons (Fsp3) is 0.200. The molecule has 0 amide bonds. The summed E-state index contributed by atoms with van der Waals surface area (Å²) in [5.41, 5.74) is 8.90. The second-order valence-electron chi connectivity index (χ2n) is 4.45. The maximum atomic E-state index is 5.63. The SMILES string of the molecule is NCCCn1c(-c2ccncc2)nc2ccccc21. The van der Waals surface area contributed by atoms with Crippen LogP contribution in [0.25, 0.3) is 22.4 Å². The highest BCUT2D eigenvalue weighted by atomic mass is 15.1. The Morgan fingerprint density at radius 1 is 1.05 bits per heavy atom. The van der Waals surface area contributed by atoms with Crippen molar-refractivity contribution in [2.75, 3.05) is 6.54 Å². The third-order valence-electron chi connectivity index (χ3n) is 3.18. The van der Waals surface area contributed by atoms with Crippen LogP contribution in [0, 0.1) is 0 Å². The number of hydrogen-bond donors (Lipinski definition) is 1. The summed E-state index contributed by atoms with van der Waals surface area (Å²) in [5.74, 6) is 0.983. The van der Waals surface area contributed by atoms with Gasteiger partial charge in [-0.25, -0.2) is 4.98 Å². The first-order chi connectivity index (χ1) is 9.40. The van der Waals surface area contributed by atoms with Gasteiger partial charge in [0.1, 0.15) is 5.82 Å². The molecule has 2 heterocycles. The van der Waals surface area contributed by atoms with E-state index in [1.807, 2.05) is 30.3 Å². The lowest BCUT2D eigenvalue weighted by molar-refractivity contribution is 0.671. The molecule has 0 aliphatic rings. The van der Waals surface area contributed by atoms with E-state index in [1.54, 1.807) is 12.4 Å². The minimum Gasteiger partial charge on any atom is -0.330 e. The van der Waals surface area contributed by atoms with Gasteiger partial charge in [-0.1, -0.05) is 12.1 Å². The lowest BCUT2D eigenvalue weighted by Crippen LogP contribution is -2.07. The van der Waals surface area contributed by atoms with Crippen LogP contribution in [-0.4, -0.2) is 21.1 Å². The molecule has 0 unspecified atom stereocenters. The molecule has 0 spiro atoms. The van der Waals surface area contributed by atoms with E-state index in [9.17, 15) is 0 Å². The summed E-state index contributed by atoms with van der Waals surface area (Å²) in [4.78, 5) is 8.79. The second kappa shape index (κ2) is 5.20. The van der Waals surface area contributed by atoms with Gasteiger partial charge in [0.25, 0.3) is 0 Å². The molecular formula is C15H16N4. The summed E-state index contributed by atoms with van der Waals surface area (Å²) in [7, 11) is 0. The van der Waals surface area contributed by atoms with Crippen molar-refractivity contribution in [3.8, 4) is 11.4 Å². The summed E-state index contributed by atoms with van der Waals surface area (Å²) < 4.78 is 2.23. The molecule has 2 aromatic heterocycles. The molecular weight excluding hydrogens is 236 g/mol. The van der Waals surface area contributed by atoms with Gasteiger partial charge in [0.2, 0.25) is 0 Å². The number of aryl methyl sites for hydroxylation is 1. The molecule has 2 N–H and O–H groups in total. The molecule has 4 heteroatoms. The zero-order valence-electron chi connectivity index (χ0n) is 10.7. The quantitative estimate of drug-likeness (QED) is 0.776. The van der Waals surface area contributed by atoms with E-state index in [0.717, 1.165) is 35.4 Å². The molecule has 3 aromatic rings. The molecule has 0 fully saturated rings. The van der Waals surface area contributed by atoms with Crippen molar-refractivity contribution in [2.24, 2.45) is 5.73 Å². The molecule has 3 rings (SSSR count). The molecule has 19 heavy (non-hydrogen) atoms. The van der Waals surface area contributed by atoms with Crippen LogP contribution in [0.3, 0.4) is 0 Å². The van der Waals surface area contributed by atoms with Gasteiger partial charge in [-0.3, -0.25) is 4.98 Å². The average Bonchev–Trinajstić information content (AvgIpc) is 2.85. The smallest absolute Gasteiger partial charge is 0.141 e. The number of nitrogens with two attached hydrogens (primary N) is 1. The Hall–Kier alpha value is -2.20. The highest BCUT2D eigenvalue weighted by Crippen LogP contribution is 2.24. The van der Waals surface area contributed by atoms with Crippen LogP contribution in [-0.2, 0) is 6.54 Å².